The van der Waals surface area contributed by atoms with Crippen LogP contribution in [0.3, 0.4) is 0 Å². The fourth-order valence-corrected chi connectivity index (χ4v) is 10.3. The van der Waals surface area contributed by atoms with Gasteiger partial charge in [0.05, 0.1) is 12.4 Å². The molecular formula is C16H34O4SSi. The van der Waals surface area contributed by atoms with Crippen molar-refractivity contribution in [2.75, 3.05) is 12.9 Å². The van der Waals surface area contributed by atoms with Gasteiger partial charge in [-0.25, -0.2) is 0 Å². The summed E-state index contributed by atoms with van der Waals surface area (Å²) in [4.78, 5) is 0. The van der Waals surface area contributed by atoms with Crippen molar-refractivity contribution in [2.24, 2.45) is 5.92 Å². The molecule has 132 valence electrons. The maximum absolute atomic E-state index is 11.1. The van der Waals surface area contributed by atoms with Gasteiger partial charge in [-0.05, 0) is 41.8 Å². The van der Waals surface area contributed by atoms with E-state index in [1.807, 2.05) is 0 Å². The maximum atomic E-state index is 11.1. The van der Waals surface area contributed by atoms with Gasteiger partial charge in [-0.15, -0.1) is 0 Å². The molecule has 0 aromatic heterocycles. The lowest BCUT2D eigenvalue weighted by Crippen LogP contribution is -2.48. The zero-order chi connectivity index (χ0) is 17.1. The highest BCUT2D eigenvalue weighted by Gasteiger charge is 2.45. The van der Waals surface area contributed by atoms with Gasteiger partial charge in [0.2, 0.25) is 0 Å². The molecule has 0 aromatic carbocycles. The van der Waals surface area contributed by atoms with E-state index in [1.54, 1.807) is 0 Å². The average Bonchev–Trinajstić information content (AvgIpc) is 2.27. The predicted molar refractivity (Wildman–Crippen MR) is 94.1 cm³/mol. The van der Waals surface area contributed by atoms with Crippen LogP contribution >= 0.6 is 0 Å². The van der Waals surface area contributed by atoms with Crippen LogP contribution in [-0.2, 0) is 18.7 Å². The van der Waals surface area contributed by atoms with E-state index in [4.69, 9.17) is 8.61 Å². The van der Waals surface area contributed by atoms with Crippen LogP contribution in [0.5, 0.6) is 0 Å². The molecule has 0 spiro atoms. The Balaban J connectivity index is 2.43. The van der Waals surface area contributed by atoms with Crippen molar-refractivity contribution in [1.29, 1.82) is 0 Å². The van der Waals surface area contributed by atoms with Crippen LogP contribution in [0.4, 0.5) is 0 Å². The fraction of sp³-hybridized carbons (Fsp3) is 1.00. The second kappa shape index (κ2) is 7.77. The van der Waals surface area contributed by atoms with Gasteiger partial charge in [-0.1, -0.05) is 41.5 Å². The number of rotatable bonds is 9. The summed E-state index contributed by atoms with van der Waals surface area (Å²) in [5.74, 6) is 0.546. The highest BCUT2D eigenvalue weighted by Crippen LogP contribution is 2.43. The first kappa shape index (κ1) is 20.1. The first-order valence-corrected chi connectivity index (χ1v) is 12.5. The van der Waals surface area contributed by atoms with E-state index in [-0.39, 0.29) is 6.10 Å². The zero-order valence-electron chi connectivity index (χ0n) is 15.3. The van der Waals surface area contributed by atoms with Crippen molar-refractivity contribution in [3.63, 3.8) is 0 Å². The lowest BCUT2D eigenvalue weighted by atomic mass is 9.80. The van der Waals surface area contributed by atoms with Gasteiger partial charge in [0.15, 0.2) is 8.32 Å². The van der Waals surface area contributed by atoms with E-state index in [0.29, 0.717) is 22.5 Å². The molecule has 0 unspecified atom stereocenters. The van der Waals surface area contributed by atoms with Crippen LogP contribution in [0.15, 0.2) is 0 Å². The molecule has 0 amide bonds. The molecule has 4 nitrogen and oxygen atoms in total. The molecule has 22 heavy (non-hydrogen) atoms. The third-order valence-electron chi connectivity index (χ3n) is 5.09. The Labute approximate surface area is 138 Å². The van der Waals surface area contributed by atoms with Crippen LogP contribution in [-0.4, -0.2) is 35.7 Å². The van der Waals surface area contributed by atoms with Crippen LogP contribution in [0.25, 0.3) is 0 Å². The summed E-state index contributed by atoms with van der Waals surface area (Å²) in [6, 6.07) is 0. The number of hydrogen-bond donors (Lipinski definition) is 0. The summed E-state index contributed by atoms with van der Waals surface area (Å²) >= 11 is 0. The Hall–Kier alpha value is 0.0869. The molecule has 1 aliphatic rings. The van der Waals surface area contributed by atoms with Crippen molar-refractivity contribution >= 4 is 18.4 Å². The lowest BCUT2D eigenvalue weighted by molar-refractivity contribution is 0.0580. The smallest absolute Gasteiger partial charge is 0.264 e. The Morgan fingerprint density at radius 2 is 1.45 bits per heavy atom. The molecule has 1 saturated carbocycles. The second-order valence-corrected chi connectivity index (χ2v) is 14.8. The summed E-state index contributed by atoms with van der Waals surface area (Å²) < 4.78 is 33.7. The highest BCUT2D eigenvalue weighted by atomic mass is 32.2. The monoisotopic (exact) mass is 350 g/mol. The summed E-state index contributed by atoms with van der Waals surface area (Å²) in [6.07, 6.45) is 3.72. The molecule has 0 aliphatic heterocycles. The minimum Gasteiger partial charge on any atom is -0.416 e. The Bertz CT molecular complexity index is 417. The van der Waals surface area contributed by atoms with Gasteiger partial charge in [0.25, 0.3) is 10.1 Å². The normalized spacial score (nSPS) is 23.4. The summed E-state index contributed by atoms with van der Waals surface area (Å²) in [5.41, 5.74) is 1.82. The topological polar surface area (TPSA) is 52.6 Å². The Morgan fingerprint density at radius 3 is 1.82 bits per heavy atom. The SMILES string of the molecule is CC(C)[Si](OCCC1CC(OS(C)(=O)=O)C1)(C(C)C)C(C)C. The summed E-state index contributed by atoms with van der Waals surface area (Å²) in [5, 5.41) is 0. The molecule has 1 rings (SSSR count). The molecule has 0 bridgehead atoms. The van der Waals surface area contributed by atoms with Crippen molar-refractivity contribution in [1.82, 2.24) is 0 Å². The van der Waals surface area contributed by atoms with E-state index in [2.05, 4.69) is 41.5 Å². The molecule has 0 N–H and O–H groups in total. The summed E-state index contributed by atoms with van der Waals surface area (Å²) in [7, 11) is -5.07. The van der Waals surface area contributed by atoms with Crippen LogP contribution < -0.4 is 0 Å². The maximum Gasteiger partial charge on any atom is 0.264 e. The van der Waals surface area contributed by atoms with Gasteiger partial charge in [0.1, 0.15) is 0 Å². The largest absolute Gasteiger partial charge is 0.416 e. The third-order valence-corrected chi connectivity index (χ3v) is 11.8. The van der Waals surface area contributed by atoms with Crippen molar-refractivity contribution in [3.05, 3.63) is 0 Å². The van der Waals surface area contributed by atoms with Crippen molar-refractivity contribution in [3.8, 4) is 0 Å². The van der Waals surface area contributed by atoms with Crippen molar-refractivity contribution in [2.45, 2.75) is 83.5 Å². The molecule has 1 fully saturated rings. The molecule has 0 radical (unpaired) electrons. The first-order valence-electron chi connectivity index (χ1n) is 8.51. The molecular weight excluding hydrogens is 316 g/mol. The van der Waals surface area contributed by atoms with E-state index in [0.717, 1.165) is 32.1 Å². The highest BCUT2D eigenvalue weighted by molar-refractivity contribution is 7.86. The minimum atomic E-state index is -3.31. The minimum absolute atomic E-state index is 0.109. The van der Waals surface area contributed by atoms with Crippen LogP contribution in [0.1, 0.15) is 60.8 Å². The van der Waals surface area contributed by atoms with Crippen LogP contribution in [0.2, 0.25) is 16.6 Å². The van der Waals surface area contributed by atoms with Gasteiger partial charge in [0, 0.05) is 6.61 Å². The van der Waals surface area contributed by atoms with Crippen molar-refractivity contribution < 1.29 is 17.0 Å². The van der Waals surface area contributed by atoms with Gasteiger partial charge in [-0.3, -0.25) is 4.18 Å². The lowest BCUT2D eigenvalue weighted by Gasteiger charge is -2.43. The first-order chi connectivity index (χ1) is 9.99. The predicted octanol–water partition coefficient (Wildman–Crippen LogP) is 4.32. The summed E-state index contributed by atoms with van der Waals surface area (Å²) in [6.45, 7) is 14.6. The van der Waals surface area contributed by atoms with E-state index >= 15 is 0 Å². The fourth-order valence-electron chi connectivity index (χ4n) is 4.14. The van der Waals surface area contributed by atoms with E-state index in [1.165, 1.54) is 0 Å². The van der Waals surface area contributed by atoms with Gasteiger partial charge < -0.3 is 4.43 Å². The molecule has 6 heteroatoms. The molecule has 0 atom stereocenters. The Morgan fingerprint density at radius 1 is 1.00 bits per heavy atom. The van der Waals surface area contributed by atoms with E-state index < -0.39 is 18.4 Å². The van der Waals surface area contributed by atoms with Gasteiger partial charge in [-0.2, -0.15) is 8.42 Å². The van der Waals surface area contributed by atoms with E-state index in [9.17, 15) is 8.42 Å². The van der Waals surface area contributed by atoms with Crippen LogP contribution in [0, 0.1) is 5.92 Å². The molecule has 0 heterocycles. The molecule has 0 saturated heterocycles. The Kier molecular flexibility index (Phi) is 7.11. The quantitative estimate of drug-likeness (QED) is 0.459. The zero-order valence-corrected chi connectivity index (χ0v) is 17.1. The average molecular weight is 351 g/mol. The molecule has 1 aliphatic carbocycles. The number of hydrogen-bond acceptors (Lipinski definition) is 4. The van der Waals surface area contributed by atoms with Gasteiger partial charge >= 0.3 is 0 Å². The standard InChI is InChI=1S/C16H34O4SSi/c1-12(2)22(13(3)4,14(5)6)19-9-8-15-10-16(11-15)20-21(7,17)18/h12-16H,8-11H2,1-7H3. The molecule has 0 aromatic rings. The third kappa shape index (κ3) is 5.04. The second-order valence-electron chi connectivity index (χ2n) is 7.71.